The maximum absolute atomic E-state index is 5.32. The summed E-state index contributed by atoms with van der Waals surface area (Å²) in [5, 5.41) is 6.79. The van der Waals surface area contributed by atoms with Gasteiger partial charge in [-0.3, -0.25) is 0 Å². The second kappa shape index (κ2) is 4.38. The number of hydrogen-bond acceptors (Lipinski definition) is 4. The molecule has 0 spiro atoms. The van der Waals surface area contributed by atoms with Gasteiger partial charge in [0.15, 0.2) is 0 Å². The molecule has 78 valence electrons. The molecule has 1 aliphatic rings. The van der Waals surface area contributed by atoms with Gasteiger partial charge in [0.1, 0.15) is 0 Å². The monoisotopic (exact) mass is 212 g/mol. The van der Waals surface area contributed by atoms with Gasteiger partial charge in [0.2, 0.25) is 0 Å². The summed E-state index contributed by atoms with van der Waals surface area (Å²) in [7, 11) is 0. The summed E-state index contributed by atoms with van der Waals surface area (Å²) in [4.78, 5) is 4.47. The summed E-state index contributed by atoms with van der Waals surface area (Å²) in [6.07, 6.45) is 1.12. The van der Waals surface area contributed by atoms with Crippen LogP contribution in [0.15, 0.2) is 5.38 Å². The largest absolute Gasteiger partial charge is 0.380 e. The molecule has 1 saturated heterocycles. The van der Waals surface area contributed by atoms with E-state index in [4.69, 9.17) is 4.74 Å². The summed E-state index contributed by atoms with van der Waals surface area (Å²) in [6, 6.07) is 0.846. The normalized spacial score (nSPS) is 24.0. The smallest absolute Gasteiger partial charge is 0.0898 e. The van der Waals surface area contributed by atoms with Gasteiger partial charge in [-0.1, -0.05) is 0 Å². The molecule has 3 nitrogen and oxygen atoms in total. The predicted octanol–water partition coefficient (Wildman–Crippen LogP) is 1.89. The zero-order valence-corrected chi connectivity index (χ0v) is 9.43. The summed E-state index contributed by atoms with van der Waals surface area (Å²) in [5.41, 5.74) is 1.15. The van der Waals surface area contributed by atoms with E-state index in [-0.39, 0.29) is 0 Å². The fourth-order valence-corrected chi connectivity index (χ4v) is 2.39. The fraction of sp³-hybridized carbons (Fsp3) is 0.700. The van der Waals surface area contributed by atoms with E-state index >= 15 is 0 Å². The predicted molar refractivity (Wildman–Crippen MR) is 57.6 cm³/mol. The van der Waals surface area contributed by atoms with Crippen molar-refractivity contribution in [2.75, 3.05) is 13.2 Å². The van der Waals surface area contributed by atoms with Gasteiger partial charge >= 0.3 is 0 Å². The van der Waals surface area contributed by atoms with Crippen LogP contribution in [0.1, 0.15) is 30.1 Å². The van der Waals surface area contributed by atoms with Gasteiger partial charge in [0.25, 0.3) is 0 Å². The molecule has 0 saturated carbocycles. The molecule has 0 amide bonds. The molecular formula is C10H16N2OS. The highest BCUT2D eigenvalue weighted by atomic mass is 32.1. The van der Waals surface area contributed by atoms with Gasteiger partial charge in [-0.2, -0.15) is 0 Å². The van der Waals surface area contributed by atoms with E-state index in [0.717, 1.165) is 30.3 Å². The lowest BCUT2D eigenvalue weighted by atomic mass is 10.2. The third-order valence-electron chi connectivity index (χ3n) is 2.50. The molecule has 1 aromatic heterocycles. The van der Waals surface area contributed by atoms with Crippen molar-refractivity contribution < 1.29 is 4.74 Å². The molecule has 1 aliphatic heterocycles. The van der Waals surface area contributed by atoms with Crippen molar-refractivity contribution in [1.29, 1.82) is 0 Å². The van der Waals surface area contributed by atoms with Crippen molar-refractivity contribution >= 4 is 11.3 Å². The van der Waals surface area contributed by atoms with Gasteiger partial charge in [-0.05, 0) is 20.3 Å². The Morgan fingerprint density at radius 1 is 1.71 bits per heavy atom. The fourth-order valence-electron chi connectivity index (χ4n) is 1.68. The molecule has 0 aromatic carbocycles. The first kappa shape index (κ1) is 10.1. The standard InChI is InChI=1S/C10H16N2OS/c1-7(10-6-14-8(2)12-10)11-9-3-4-13-5-9/h6-7,9,11H,3-5H2,1-2H3. The zero-order valence-electron chi connectivity index (χ0n) is 8.62. The maximum atomic E-state index is 5.32. The highest BCUT2D eigenvalue weighted by Crippen LogP contribution is 2.17. The zero-order chi connectivity index (χ0) is 9.97. The minimum absolute atomic E-state index is 0.339. The first-order chi connectivity index (χ1) is 6.75. The van der Waals surface area contributed by atoms with E-state index in [2.05, 4.69) is 22.6 Å². The minimum atomic E-state index is 0.339. The molecule has 1 aromatic rings. The highest BCUT2D eigenvalue weighted by Gasteiger charge is 2.19. The summed E-state index contributed by atoms with van der Waals surface area (Å²) in [6.45, 7) is 5.93. The van der Waals surface area contributed by atoms with Crippen molar-refractivity contribution in [2.45, 2.75) is 32.4 Å². The third-order valence-corrected chi connectivity index (χ3v) is 3.29. The lowest BCUT2D eigenvalue weighted by molar-refractivity contribution is 0.188. The summed E-state index contributed by atoms with van der Waals surface area (Å²) < 4.78 is 5.32. The molecule has 2 unspecified atom stereocenters. The lowest BCUT2D eigenvalue weighted by Crippen LogP contribution is -2.31. The van der Waals surface area contributed by atoms with Crippen LogP contribution in [0, 0.1) is 6.92 Å². The first-order valence-electron chi connectivity index (χ1n) is 5.01. The van der Waals surface area contributed by atoms with Crippen LogP contribution in [0.4, 0.5) is 0 Å². The molecule has 2 heterocycles. The Bertz CT molecular complexity index is 294. The minimum Gasteiger partial charge on any atom is -0.380 e. The number of nitrogens with one attached hydrogen (secondary N) is 1. The SMILES string of the molecule is Cc1nc(C(C)NC2CCOC2)cs1. The second-order valence-electron chi connectivity index (χ2n) is 3.74. The molecular weight excluding hydrogens is 196 g/mol. The van der Waals surface area contributed by atoms with Crippen LogP contribution >= 0.6 is 11.3 Å². The van der Waals surface area contributed by atoms with E-state index in [0.29, 0.717) is 12.1 Å². The molecule has 1 N–H and O–H groups in total. The van der Waals surface area contributed by atoms with Gasteiger partial charge in [0, 0.05) is 24.1 Å². The van der Waals surface area contributed by atoms with E-state index < -0.39 is 0 Å². The number of thiazole rings is 1. The van der Waals surface area contributed by atoms with Crippen LogP contribution < -0.4 is 5.32 Å². The van der Waals surface area contributed by atoms with Crippen molar-refractivity contribution in [3.63, 3.8) is 0 Å². The molecule has 2 atom stereocenters. The molecule has 4 heteroatoms. The maximum Gasteiger partial charge on any atom is 0.0898 e. The number of aryl methyl sites for hydroxylation is 1. The average molecular weight is 212 g/mol. The average Bonchev–Trinajstić information content (AvgIpc) is 2.75. The Hall–Kier alpha value is -0.450. The Labute approximate surface area is 88.5 Å². The number of nitrogens with zero attached hydrogens (tertiary/aromatic N) is 1. The van der Waals surface area contributed by atoms with Gasteiger partial charge in [-0.25, -0.2) is 4.98 Å². The van der Waals surface area contributed by atoms with E-state index in [1.807, 2.05) is 6.92 Å². The van der Waals surface area contributed by atoms with E-state index in [1.54, 1.807) is 11.3 Å². The summed E-state index contributed by atoms with van der Waals surface area (Å²) in [5.74, 6) is 0. The quantitative estimate of drug-likeness (QED) is 0.831. The number of rotatable bonds is 3. The van der Waals surface area contributed by atoms with Crippen LogP contribution in [0.5, 0.6) is 0 Å². The van der Waals surface area contributed by atoms with Crippen molar-refractivity contribution in [3.8, 4) is 0 Å². The van der Waals surface area contributed by atoms with Crippen LogP contribution in [0.3, 0.4) is 0 Å². The van der Waals surface area contributed by atoms with Crippen LogP contribution in [-0.4, -0.2) is 24.2 Å². The Morgan fingerprint density at radius 3 is 3.14 bits per heavy atom. The van der Waals surface area contributed by atoms with Crippen molar-refractivity contribution in [2.24, 2.45) is 0 Å². The molecule has 14 heavy (non-hydrogen) atoms. The molecule has 0 aliphatic carbocycles. The molecule has 0 radical (unpaired) electrons. The van der Waals surface area contributed by atoms with Crippen LogP contribution in [0.25, 0.3) is 0 Å². The molecule has 2 rings (SSSR count). The number of hydrogen-bond donors (Lipinski definition) is 1. The molecule has 0 bridgehead atoms. The second-order valence-corrected chi connectivity index (χ2v) is 4.80. The lowest BCUT2D eigenvalue weighted by Gasteiger charge is -2.16. The number of ether oxygens (including phenoxy) is 1. The topological polar surface area (TPSA) is 34.2 Å². The highest BCUT2D eigenvalue weighted by molar-refractivity contribution is 7.09. The van der Waals surface area contributed by atoms with Gasteiger partial charge in [-0.15, -0.1) is 11.3 Å². The Balaban J connectivity index is 1.91. The third kappa shape index (κ3) is 2.32. The van der Waals surface area contributed by atoms with Crippen LogP contribution in [-0.2, 0) is 4.74 Å². The van der Waals surface area contributed by atoms with Crippen LogP contribution in [0.2, 0.25) is 0 Å². The van der Waals surface area contributed by atoms with Crippen molar-refractivity contribution in [1.82, 2.24) is 10.3 Å². The Kier molecular flexibility index (Phi) is 3.15. The van der Waals surface area contributed by atoms with Gasteiger partial charge in [0.05, 0.1) is 17.3 Å². The summed E-state index contributed by atoms with van der Waals surface area (Å²) >= 11 is 1.71. The van der Waals surface area contributed by atoms with E-state index in [9.17, 15) is 0 Å². The molecule has 1 fully saturated rings. The van der Waals surface area contributed by atoms with Crippen molar-refractivity contribution in [3.05, 3.63) is 16.1 Å². The van der Waals surface area contributed by atoms with Gasteiger partial charge < -0.3 is 10.1 Å². The van der Waals surface area contributed by atoms with E-state index in [1.165, 1.54) is 0 Å². The number of aromatic nitrogens is 1. The Morgan fingerprint density at radius 2 is 2.57 bits per heavy atom. The first-order valence-corrected chi connectivity index (χ1v) is 5.89.